The highest BCUT2D eigenvalue weighted by atomic mass is 32.1. The van der Waals surface area contributed by atoms with E-state index in [4.69, 9.17) is 4.74 Å². The summed E-state index contributed by atoms with van der Waals surface area (Å²) < 4.78 is 6.26. The first-order valence-electron chi connectivity index (χ1n) is 8.96. The Morgan fingerprint density at radius 2 is 1.97 bits per heavy atom. The minimum absolute atomic E-state index is 0.126. The average Bonchev–Trinajstić information content (AvgIpc) is 3.14. The summed E-state index contributed by atoms with van der Waals surface area (Å²) in [5.41, 5.74) is 1.98. The van der Waals surface area contributed by atoms with Gasteiger partial charge in [-0.2, -0.15) is 0 Å². The van der Waals surface area contributed by atoms with Crippen molar-refractivity contribution in [3.05, 3.63) is 59.6 Å². The van der Waals surface area contributed by atoms with Gasteiger partial charge in [-0.3, -0.25) is 14.5 Å². The summed E-state index contributed by atoms with van der Waals surface area (Å²) in [6.45, 7) is 1.36. The van der Waals surface area contributed by atoms with E-state index in [2.05, 4.69) is 10.3 Å². The Bertz CT molecular complexity index is 1100. The Kier molecular flexibility index (Phi) is 5.09. The molecule has 2 amide bonds. The van der Waals surface area contributed by atoms with Gasteiger partial charge in [0, 0.05) is 6.08 Å². The zero-order chi connectivity index (χ0) is 20.4. The molecule has 1 atom stereocenters. The first kappa shape index (κ1) is 18.8. The van der Waals surface area contributed by atoms with E-state index in [1.807, 2.05) is 24.3 Å². The molecule has 0 saturated carbocycles. The molecule has 4 rings (SSSR count). The molecule has 3 aromatic rings. The summed E-state index contributed by atoms with van der Waals surface area (Å²) in [5, 5.41) is 3.39. The molecule has 1 aliphatic rings. The number of aromatic nitrogens is 1. The zero-order valence-corrected chi connectivity index (χ0v) is 16.3. The number of anilines is 2. The van der Waals surface area contributed by atoms with Gasteiger partial charge in [0.25, 0.3) is 5.91 Å². The molecule has 8 heteroatoms. The van der Waals surface area contributed by atoms with Crippen LogP contribution in [0.25, 0.3) is 16.3 Å². The van der Waals surface area contributed by atoms with Gasteiger partial charge in [0.1, 0.15) is 11.6 Å². The number of fused-ring (bicyclic) bond motifs is 2. The molecule has 2 heterocycles. The maximum Gasteiger partial charge on any atom is 0.331 e. The predicted molar refractivity (Wildman–Crippen MR) is 112 cm³/mol. The fourth-order valence-electron chi connectivity index (χ4n) is 3.01. The third-order valence-corrected chi connectivity index (χ3v) is 5.35. The van der Waals surface area contributed by atoms with Crippen molar-refractivity contribution in [3.63, 3.8) is 0 Å². The molecule has 0 aliphatic carbocycles. The highest BCUT2D eigenvalue weighted by Crippen LogP contribution is 2.29. The van der Waals surface area contributed by atoms with Gasteiger partial charge in [0.05, 0.1) is 21.6 Å². The number of rotatable bonds is 4. The number of nitrogens with one attached hydrogen (secondary N) is 1. The van der Waals surface area contributed by atoms with E-state index in [0.29, 0.717) is 16.4 Å². The van der Waals surface area contributed by atoms with Crippen molar-refractivity contribution in [1.82, 2.24) is 4.98 Å². The van der Waals surface area contributed by atoms with Gasteiger partial charge in [-0.1, -0.05) is 24.3 Å². The van der Waals surface area contributed by atoms with E-state index in [1.165, 1.54) is 29.2 Å². The van der Waals surface area contributed by atoms with Crippen molar-refractivity contribution in [2.45, 2.75) is 13.0 Å². The lowest BCUT2D eigenvalue weighted by Gasteiger charge is -2.30. The SMILES string of the molecule is C[C@@H](OC(=O)/C=C/c1nc2ccccc2s1)C(=O)N1CC(=O)Nc2ccccc21. The van der Waals surface area contributed by atoms with Gasteiger partial charge < -0.3 is 10.1 Å². The maximum atomic E-state index is 12.8. The van der Waals surface area contributed by atoms with Crippen LogP contribution in [0.3, 0.4) is 0 Å². The Morgan fingerprint density at radius 1 is 1.21 bits per heavy atom. The van der Waals surface area contributed by atoms with Crippen LogP contribution in [0.4, 0.5) is 11.4 Å². The third-order valence-electron chi connectivity index (χ3n) is 4.35. The van der Waals surface area contributed by atoms with Crippen molar-refractivity contribution in [1.29, 1.82) is 0 Å². The normalized spacial score (nSPS) is 14.5. The molecule has 0 fully saturated rings. The predicted octanol–water partition coefficient (Wildman–Crippen LogP) is 3.23. The number of hydrogen-bond donors (Lipinski definition) is 1. The van der Waals surface area contributed by atoms with Crippen LogP contribution in [0, 0.1) is 0 Å². The number of para-hydroxylation sites is 3. The van der Waals surface area contributed by atoms with Crippen LogP contribution in [0.1, 0.15) is 11.9 Å². The molecular weight excluding hydrogens is 390 g/mol. The fourth-order valence-corrected chi connectivity index (χ4v) is 3.88. The van der Waals surface area contributed by atoms with Crippen molar-refractivity contribution < 1.29 is 19.1 Å². The number of ether oxygens (including phenoxy) is 1. The summed E-state index contributed by atoms with van der Waals surface area (Å²) in [7, 11) is 0. The maximum absolute atomic E-state index is 12.8. The van der Waals surface area contributed by atoms with Crippen molar-refractivity contribution in [2.75, 3.05) is 16.8 Å². The van der Waals surface area contributed by atoms with Crippen LogP contribution in [-0.2, 0) is 19.1 Å². The van der Waals surface area contributed by atoms with Gasteiger partial charge in [-0.15, -0.1) is 11.3 Å². The molecule has 1 aliphatic heterocycles. The topological polar surface area (TPSA) is 88.6 Å². The van der Waals surface area contributed by atoms with Crippen LogP contribution in [0.15, 0.2) is 54.6 Å². The average molecular weight is 407 g/mol. The summed E-state index contributed by atoms with van der Waals surface area (Å²) in [6, 6.07) is 14.7. The minimum Gasteiger partial charge on any atom is -0.449 e. The summed E-state index contributed by atoms with van der Waals surface area (Å²) in [4.78, 5) is 42.5. The van der Waals surface area contributed by atoms with Crippen LogP contribution in [0.5, 0.6) is 0 Å². The summed E-state index contributed by atoms with van der Waals surface area (Å²) in [5.74, 6) is -1.42. The Morgan fingerprint density at radius 3 is 2.79 bits per heavy atom. The summed E-state index contributed by atoms with van der Waals surface area (Å²) >= 11 is 1.45. The Hall–Kier alpha value is -3.52. The molecule has 146 valence electrons. The fraction of sp³-hybridized carbons (Fsp3) is 0.143. The van der Waals surface area contributed by atoms with Crippen LogP contribution < -0.4 is 10.2 Å². The molecule has 2 aromatic carbocycles. The number of benzene rings is 2. The van der Waals surface area contributed by atoms with Gasteiger partial charge in [0.2, 0.25) is 5.91 Å². The monoisotopic (exact) mass is 407 g/mol. The lowest BCUT2D eigenvalue weighted by Crippen LogP contribution is -2.46. The number of esters is 1. The largest absolute Gasteiger partial charge is 0.449 e. The second-order valence-corrected chi connectivity index (χ2v) is 7.48. The standard InChI is InChI=1S/C21H17N3O4S/c1-13(21(27)24-12-18(25)22-14-6-2-4-8-16(14)24)28-20(26)11-10-19-23-15-7-3-5-9-17(15)29-19/h2-11,13H,12H2,1H3,(H,22,25)/b11-10+/t13-/m1/s1. The first-order valence-corrected chi connectivity index (χ1v) is 9.77. The van der Waals surface area contributed by atoms with Crippen LogP contribution in [-0.4, -0.2) is 35.4 Å². The van der Waals surface area contributed by atoms with Gasteiger partial charge in [-0.05, 0) is 37.3 Å². The zero-order valence-electron chi connectivity index (χ0n) is 15.5. The van der Waals surface area contributed by atoms with Gasteiger partial charge in [-0.25, -0.2) is 9.78 Å². The van der Waals surface area contributed by atoms with Crippen LogP contribution >= 0.6 is 11.3 Å². The van der Waals surface area contributed by atoms with Gasteiger partial charge >= 0.3 is 5.97 Å². The number of amides is 2. The molecule has 7 nitrogen and oxygen atoms in total. The number of hydrogen-bond acceptors (Lipinski definition) is 6. The number of carbonyl (C=O) groups excluding carboxylic acids is 3. The van der Waals surface area contributed by atoms with E-state index < -0.39 is 18.0 Å². The quantitative estimate of drug-likeness (QED) is 0.530. The smallest absolute Gasteiger partial charge is 0.331 e. The third kappa shape index (κ3) is 4.02. The second-order valence-electron chi connectivity index (χ2n) is 6.42. The van der Waals surface area contributed by atoms with Crippen molar-refractivity contribution >= 4 is 56.8 Å². The van der Waals surface area contributed by atoms with E-state index in [0.717, 1.165) is 10.2 Å². The Labute approximate surface area is 170 Å². The molecule has 29 heavy (non-hydrogen) atoms. The highest BCUT2D eigenvalue weighted by molar-refractivity contribution is 7.19. The molecule has 0 bridgehead atoms. The molecule has 0 spiro atoms. The van der Waals surface area contributed by atoms with Crippen molar-refractivity contribution in [2.24, 2.45) is 0 Å². The molecule has 1 N–H and O–H groups in total. The number of thiazole rings is 1. The number of nitrogens with zero attached hydrogens (tertiary/aromatic N) is 2. The molecule has 1 aromatic heterocycles. The van der Waals surface area contributed by atoms with Gasteiger partial charge in [0.15, 0.2) is 6.10 Å². The first-order chi connectivity index (χ1) is 14.0. The molecule has 0 saturated heterocycles. The van der Waals surface area contributed by atoms with E-state index in [-0.39, 0.29) is 12.5 Å². The minimum atomic E-state index is -1.04. The lowest BCUT2D eigenvalue weighted by atomic mass is 10.1. The second kappa shape index (κ2) is 7.84. The summed E-state index contributed by atoms with van der Waals surface area (Å²) in [6.07, 6.45) is 1.77. The highest BCUT2D eigenvalue weighted by Gasteiger charge is 2.31. The Balaban J connectivity index is 1.43. The molecule has 0 radical (unpaired) electrons. The van der Waals surface area contributed by atoms with Crippen LogP contribution in [0.2, 0.25) is 0 Å². The van der Waals surface area contributed by atoms with E-state index in [1.54, 1.807) is 30.3 Å². The number of carbonyl (C=O) groups is 3. The van der Waals surface area contributed by atoms with E-state index in [9.17, 15) is 14.4 Å². The van der Waals surface area contributed by atoms with Crippen molar-refractivity contribution in [3.8, 4) is 0 Å². The molecule has 0 unspecified atom stereocenters. The lowest BCUT2D eigenvalue weighted by molar-refractivity contribution is -0.149. The molecular formula is C21H17N3O4S. The van der Waals surface area contributed by atoms with E-state index >= 15 is 0 Å².